The number of alkyl halides is 1. The highest BCUT2D eigenvalue weighted by molar-refractivity contribution is 9.09. The average Bonchev–Trinajstić information content (AvgIpc) is 2.60. The van der Waals surface area contributed by atoms with Gasteiger partial charge in [-0.05, 0) is 6.92 Å². The maximum Gasteiger partial charge on any atom is 0.309 e. The molecule has 0 bridgehead atoms. The number of aryl methyl sites for hydroxylation is 1. The smallest absolute Gasteiger partial charge is 0.309 e. The van der Waals surface area contributed by atoms with Crippen molar-refractivity contribution in [1.82, 2.24) is 9.38 Å². The number of imidazole rings is 1. The van der Waals surface area contributed by atoms with Crippen LogP contribution < -0.4 is 0 Å². The van der Waals surface area contributed by atoms with E-state index in [1.54, 1.807) is 17.5 Å². The summed E-state index contributed by atoms with van der Waals surface area (Å²) in [6.45, 7) is 4.04. The normalized spacial score (nSPS) is 9.94. The lowest BCUT2D eigenvalue weighted by Crippen LogP contribution is -1.99. The average molecular weight is 305 g/mol. The minimum absolute atomic E-state index is 0.00650. The second-order valence-electron chi connectivity index (χ2n) is 3.10. The molecule has 0 atom stereocenters. The van der Waals surface area contributed by atoms with E-state index in [1.165, 1.54) is 4.88 Å². The maximum absolute atomic E-state index is 10.4. The number of carbonyl (C=O) groups is 1. The Labute approximate surface area is 106 Å². The van der Waals surface area contributed by atoms with E-state index in [0.717, 1.165) is 10.3 Å². The predicted octanol–water partition coefficient (Wildman–Crippen LogP) is 2.73. The Morgan fingerprint density at radius 2 is 2.25 bits per heavy atom. The van der Waals surface area contributed by atoms with Gasteiger partial charge < -0.3 is 5.11 Å². The van der Waals surface area contributed by atoms with Crippen LogP contribution in [0.15, 0.2) is 12.4 Å². The van der Waals surface area contributed by atoms with Crippen LogP contribution in [-0.4, -0.2) is 25.8 Å². The molecule has 4 nitrogen and oxygen atoms in total. The number of halogens is 1. The monoisotopic (exact) mass is 304 g/mol. The number of nitrogens with zero attached hydrogens (tertiary/aromatic N) is 2. The van der Waals surface area contributed by atoms with Gasteiger partial charge in [-0.2, -0.15) is 0 Å². The van der Waals surface area contributed by atoms with Gasteiger partial charge in [0.1, 0.15) is 0 Å². The summed E-state index contributed by atoms with van der Waals surface area (Å²) in [4.78, 5) is 16.6. The number of carboxylic acid groups (broad SMARTS) is 1. The molecule has 0 aromatic carbocycles. The summed E-state index contributed by atoms with van der Waals surface area (Å²) in [6, 6.07) is 0. The zero-order chi connectivity index (χ0) is 12.1. The van der Waals surface area contributed by atoms with Crippen LogP contribution >= 0.6 is 27.3 Å². The molecule has 88 valence electrons. The lowest BCUT2D eigenvalue weighted by Gasteiger charge is -1.85. The lowest BCUT2D eigenvalue weighted by molar-refractivity contribution is -0.136. The molecule has 6 heteroatoms. The van der Waals surface area contributed by atoms with Crippen LogP contribution in [0, 0.1) is 6.92 Å². The Morgan fingerprint density at radius 3 is 2.75 bits per heavy atom. The summed E-state index contributed by atoms with van der Waals surface area (Å²) < 4.78 is 1.86. The van der Waals surface area contributed by atoms with Crippen molar-refractivity contribution in [3.05, 3.63) is 23.0 Å². The van der Waals surface area contributed by atoms with Crippen molar-refractivity contribution in [2.75, 3.05) is 5.33 Å². The van der Waals surface area contributed by atoms with Gasteiger partial charge >= 0.3 is 5.97 Å². The Kier molecular flexibility index (Phi) is 4.95. The fraction of sp³-hybridized carbons (Fsp3) is 0.400. The number of fused-ring (bicyclic) bond motifs is 1. The van der Waals surface area contributed by atoms with Crippen molar-refractivity contribution in [2.24, 2.45) is 0 Å². The third kappa shape index (κ3) is 3.61. The fourth-order valence-electron chi connectivity index (χ4n) is 1.20. The highest BCUT2D eigenvalue weighted by Crippen LogP contribution is 2.16. The van der Waals surface area contributed by atoms with Crippen molar-refractivity contribution in [1.29, 1.82) is 0 Å². The summed E-state index contributed by atoms with van der Waals surface area (Å²) in [6.07, 6.45) is 3.69. The number of rotatable bonds is 2. The molecule has 0 aliphatic heterocycles. The third-order valence-corrected chi connectivity index (χ3v) is 2.57. The van der Waals surface area contributed by atoms with Gasteiger partial charge in [0.2, 0.25) is 0 Å². The van der Waals surface area contributed by atoms with Crippen molar-refractivity contribution in [3.63, 3.8) is 0 Å². The van der Waals surface area contributed by atoms with Crippen LogP contribution in [0.2, 0.25) is 0 Å². The summed E-state index contributed by atoms with van der Waals surface area (Å²) >= 11 is 4.70. The van der Waals surface area contributed by atoms with E-state index in [-0.39, 0.29) is 6.42 Å². The summed E-state index contributed by atoms with van der Waals surface area (Å²) in [5, 5.41) is 9.60. The van der Waals surface area contributed by atoms with Crippen LogP contribution in [-0.2, 0) is 11.2 Å². The first-order chi connectivity index (χ1) is 7.56. The van der Waals surface area contributed by atoms with Gasteiger partial charge in [-0.1, -0.05) is 22.9 Å². The number of aromatic nitrogens is 2. The quantitative estimate of drug-likeness (QED) is 0.868. The summed E-state index contributed by atoms with van der Waals surface area (Å²) in [5.74, 6) is -0.845. The molecular weight excluding hydrogens is 292 g/mol. The minimum Gasteiger partial charge on any atom is -0.481 e. The first-order valence-electron chi connectivity index (χ1n) is 4.78. The second kappa shape index (κ2) is 6.00. The first kappa shape index (κ1) is 13.2. The largest absolute Gasteiger partial charge is 0.481 e. The molecule has 0 radical (unpaired) electrons. The third-order valence-electron chi connectivity index (χ3n) is 1.65. The molecular formula is C10H13BrN2O2S. The van der Waals surface area contributed by atoms with Gasteiger partial charge in [-0.3, -0.25) is 9.20 Å². The Balaban J connectivity index is 0.000000386. The SMILES string of the molecule is CCBr.Cc1cn2cc(CC(=O)O)nc2s1. The van der Waals surface area contributed by atoms with Crippen LogP contribution in [0.1, 0.15) is 17.5 Å². The van der Waals surface area contributed by atoms with Gasteiger partial charge in [0.05, 0.1) is 12.1 Å². The second-order valence-corrected chi connectivity index (χ2v) is 5.44. The van der Waals surface area contributed by atoms with Gasteiger partial charge in [0.25, 0.3) is 0 Å². The first-order valence-corrected chi connectivity index (χ1v) is 6.72. The number of hydrogen-bond donors (Lipinski definition) is 1. The predicted molar refractivity (Wildman–Crippen MR) is 68.6 cm³/mol. The highest BCUT2D eigenvalue weighted by Gasteiger charge is 2.07. The molecule has 2 aromatic heterocycles. The maximum atomic E-state index is 10.4. The summed E-state index contributed by atoms with van der Waals surface area (Å²) in [5.41, 5.74) is 0.610. The molecule has 2 heterocycles. The molecule has 0 aliphatic carbocycles. The molecule has 0 spiro atoms. The van der Waals surface area contributed by atoms with Crippen molar-refractivity contribution in [3.8, 4) is 0 Å². The van der Waals surface area contributed by atoms with E-state index in [9.17, 15) is 4.79 Å². The van der Waals surface area contributed by atoms with Crippen molar-refractivity contribution in [2.45, 2.75) is 20.3 Å². The van der Waals surface area contributed by atoms with Gasteiger partial charge in [-0.25, -0.2) is 4.98 Å². The summed E-state index contributed by atoms with van der Waals surface area (Å²) in [7, 11) is 0. The van der Waals surface area contributed by atoms with E-state index in [4.69, 9.17) is 5.11 Å². The van der Waals surface area contributed by atoms with E-state index in [1.807, 2.05) is 24.4 Å². The zero-order valence-electron chi connectivity index (χ0n) is 9.11. The minimum atomic E-state index is -0.845. The van der Waals surface area contributed by atoms with Crippen LogP contribution in [0.4, 0.5) is 0 Å². The van der Waals surface area contributed by atoms with E-state index in [2.05, 4.69) is 20.9 Å². The number of aliphatic carboxylic acids is 1. The molecule has 0 unspecified atom stereocenters. The van der Waals surface area contributed by atoms with E-state index in [0.29, 0.717) is 5.69 Å². The lowest BCUT2D eigenvalue weighted by atomic mass is 10.3. The molecule has 16 heavy (non-hydrogen) atoms. The number of hydrogen-bond acceptors (Lipinski definition) is 3. The Hall–Kier alpha value is -0.880. The number of thiazole rings is 1. The van der Waals surface area contributed by atoms with Gasteiger partial charge in [0.15, 0.2) is 4.96 Å². The zero-order valence-corrected chi connectivity index (χ0v) is 11.5. The van der Waals surface area contributed by atoms with E-state index >= 15 is 0 Å². The molecule has 1 N–H and O–H groups in total. The van der Waals surface area contributed by atoms with Gasteiger partial charge in [-0.15, -0.1) is 11.3 Å². The van der Waals surface area contributed by atoms with Crippen LogP contribution in [0.25, 0.3) is 4.96 Å². The molecule has 0 saturated carbocycles. The molecule has 0 amide bonds. The van der Waals surface area contributed by atoms with Crippen molar-refractivity contribution >= 4 is 38.2 Å². The fourth-order valence-corrected chi connectivity index (χ4v) is 2.03. The van der Waals surface area contributed by atoms with Crippen LogP contribution in [0.5, 0.6) is 0 Å². The van der Waals surface area contributed by atoms with Gasteiger partial charge in [0, 0.05) is 22.6 Å². The standard InChI is InChI=1S/C8H8N2O2S.C2H5Br/c1-5-3-10-4-6(2-7(11)12)9-8(10)13-5;1-2-3/h3-4H,2H2,1H3,(H,11,12);2H2,1H3. The molecule has 0 fully saturated rings. The van der Waals surface area contributed by atoms with Crippen LogP contribution in [0.3, 0.4) is 0 Å². The molecule has 2 aromatic rings. The van der Waals surface area contributed by atoms with Crippen molar-refractivity contribution < 1.29 is 9.90 Å². The highest BCUT2D eigenvalue weighted by atomic mass is 79.9. The van der Waals surface area contributed by atoms with E-state index < -0.39 is 5.97 Å². The topological polar surface area (TPSA) is 54.6 Å². The number of carboxylic acids is 1. The molecule has 2 rings (SSSR count). The molecule has 0 aliphatic rings. The Bertz CT molecular complexity index is 447. The Morgan fingerprint density at radius 1 is 1.62 bits per heavy atom. The molecule has 0 saturated heterocycles.